The summed E-state index contributed by atoms with van der Waals surface area (Å²) in [5.41, 5.74) is 5.04. The topological polar surface area (TPSA) is 88.1 Å². The number of aryl methyl sites for hydroxylation is 1. The molecule has 2 aromatic heterocycles. The van der Waals surface area contributed by atoms with Gasteiger partial charge in [-0.3, -0.25) is 19.6 Å². The first-order valence-corrected chi connectivity index (χ1v) is 11.2. The second-order valence-corrected chi connectivity index (χ2v) is 8.18. The van der Waals surface area contributed by atoms with E-state index in [2.05, 4.69) is 20.3 Å². The number of fused-ring (bicyclic) bond motifs is 1. The van der Waals surface area contributed by atoms with Gasteiger partial charge in [0, 0.05) is 54.4 Å². The highest BCUT2D eigenvalue weighted by Gasteiger charge is 2.25. The molecule has 0 unspecified atom stereocenters. The molecule has 0 spiro atoms. The van der Waals surface area contributed by atoms with E-state index in [0.29, 0.717) is 25.2 Å². The molecule has 1 aliphatic rings. The summed E-state index contributed by atoms with van der Waals surface area (Å²) in [5.74, 6) is -0.247. The Kier molecular flexibility index (Phi) is 6.27. The Balaban J connectivity index is 1.49. The number of nitrogens with one attached hydrogen (secondary N) is 1. The van der Waals surface area contributed by atoms with Gasteiger partial charge in [0.25, 0.3) is 11.8 Å². The summed E-state index contributed by atoms with van der Waals surface area (Å²) in [6, 6.07) is 7.70. The standard InChI is InChI=1S/C23H23N5O2S/c1-15-20(12-27-22(29)21-13-24-8-9-25-21)19-7-10-28(14-17(19)11-26-15)23(30)16-3-5-18(31-2)6-4-16/h3-6,8-9,11,13H,7,10,12,14H2,1-2H3,(H,27,29). The summed E-state index contributed by atoms with van der Waals surface area (Å²) in [5, 5.41) is 2.91. The molecule has 0 radical (unpaired) electrons. The number of carbonyl (C=O) groups is 2. The number of aromatic nitrogens is 3. The number of benzene rings is 1. The first-order chi connectivity index (χ1) is 15.1. The van der Waals surface area contributed by atoms with E-state index in [4.69, 9.17) is 0 Å². The van der Waals surface area contributed by atoms with Gasteiger partial charge in [0.05, 0.1) is 6.20 Å². The van der Waals surface area contributed by atoms with Gasteiger partial charge in [0.15, 0.2) is 0 Å². The van der Waals surface area contributed by atoms with Crippen molar-refractivity contribution in [3.63, 3.8) is 0 Å². The van der Waals surface area contributed by atoms with Gasteiger partial charge >= 0.3 is 0 Å². The molecule has 0 fully saturated rings. The maximum atomic E-state index is 13.0. The van der Waals surface area contributed by atoms with E-state index in [-0.39, 0.29) is 17.5 Å². The van der Waals surface area contributed by atoms with Gasteiger partial charge < -0.3 is 10.2 Å². The van der Waals surface area contributed by atoms with Gasteiger partial charge in [-0.05, 0) is 60.6 Å². The highest BCUT2D eigenvalue weighted by Crippen LogP contribution is 2.25. The third-order valence-electron chi connectivity index (χ3n) is 5.44. The van der Waals surface area contributed by atoms with Crippen LogP contribution in [0.5, 0.6) is 0 Å². The van der Waals surface area contributed by atoms with Gasteiger partial charge in [-0.15, -0.1) is 11.8 Å². The molecule has 7 nitrogen and oxygen atoms in total. The van der Waals surface area contributed by atoms with Crippen LogP contribution in [0.3, 0.4) is 0 Å². The normalized spacial score (nSPS) is 12.9. The average molecular weight is 434 g/mol. The molecule has 31 heavy (non-hydrogen) atoms. The monoisotopic (exact) mass is 433 g/mol. The Morgan fingerprint density at radius 3 is 2.65 bits per heavy atom. The van der Waals surface area contributed by atoms with Crippen LogP contribution in [-0.2, 0) is 19.5 Å². The zero-order valence-corrected chi connectivity index (χ0v) is 18.3. The van der Waals surface area contributed by atoms with Crippen LogP contribution in [0.25, 0.3) is 0 Å². The maximum absolute atomic E-state index is 13.0. The van der Waals surface area contributed by atoms with Crippen LogP contribution in [0, 0.1) is 6.92 Å². The number of nitrogens with zero attached hydrogens (tertiary/aromatic N) is 4. The number of thioether (sulfide) groups is 1. The lowest BCUT2D eigenvalue weighted by Gasteiger charge is -2.30. The molecule has 2 amide bonds. The van der Waals surface area contributed by atoms with Crippen molar-refractivity contribution in [1.82, 2.24) is 25.2 Å². The summed E-state index contributed by atoms with van der Waals surface area (Å²) < 4.78 is 0. The molecule has 0 aliphatic carbocycles. The van der Waals surface area contributed by atoms with Crippen LogP contribution < -0.4 is 5.32 Å². The largest absolute Gasteiger partial charge is 0.346 e. The number of pyridine rings is 1. The molecule has 3 aromatic rings. The first kappa shape index (κ1) is 21.0. The number of rotatable bonds is 5. The maximum Gasteiger partial charge on any atom is 0.271 e. The Labute approximate surface area is 185 Å². The molecule has 1 aromatic carbocycles. The molecule has 0 saturated carbocycles. The number of carbonyl (C=O) groups excluding carboxylic acids is 2. The van der Waals surface area contributed by atoms with Crippen LogP contribution >= 0.6 is 11.8 Å². The quantitative estimate of drug-likeness (QED) is 0.623. The zero-order valence-electron chi connectivity index (χ0n) is 17.5. The van der Waals surface area contributed by atoms with Gasteiger partial charge in [-0.2, -0.15) is 0 Å². The van der Waals surface area contributed by atoms with E-state index in [9.17, 15) is 9.59 Å². The summed E-state index contributed by atoms with van der Waals surface area (Å²) in [6.45, 7) is 3.44. The summed E-state index contributed by atoms with van der Waals surface area (Å²) >= 11 is 1.65. The highest BCUT2D eigenvalue weighted by atomic mass is 32.2. The van der Waals surface area contributed by atoms with Crippen molar-refractivity contribution in [3.05, 3.63) is 82.7 Å². The molecule has 8 heteroatoms. The van der Waals surface area contributed by atoms with E-state index < -0.39 is 0 Å². The van der Waals surface area contributed by atoms with Crippen LogP contribution in [0.1, 0.15) is 43.2 Å². The van der Waals surface area contributed by atoms with Crippen LogP contribution in [-0.4, -0.2) is 44.5 Å². The fourth-order valence-corrected chi connectivity index (χ4v) is 4.13. The minimum Gasteiger partial charge on any atom is -0.346 e. The average Bonchev–Trinajstić information content (AvgIpc) is 2.83. The molecule has 0 atom stereocenters. The Bertz CT molecular complexity index is 1100. The Hall–Kier alpha value is -3.26. The fourth-order valence-electron chi connectivity index (χ4n) is 3.72. The van der Waals surface area contributed by atoms with Gasteiger partial charge in [-0.1, -0.05) is 0 Å². The Morgan fingerprint density at radius 1 is 1.13 bits per heavy atom. The summed E-state index contributed by atoms with van der Waals surface area (Å²) in [4.78, 5) is 40.8. The van der Waals surface area contributed by atoms with E-state index in [1.54, 1.807) is 11.8 Å². The lowest BCUT2D eigenvalue weighted by atomic mass is 9.94. The third-order valence-corrected chi connectivity index (χ3v) is 6.18. The SMILES string of the molecule is CSc1ccc(C(=O)N2CCc3c(cnc(C)c3CNC(=O)c3cnccn3)C2)cc1. The zero-order chi connectivity index (χ0) is 21.8. The number of hydrogen-bond donors (Lipinski definition) is 1. The van der Waals surface area contributed by atoms with Crippen molar-refractivity contribution < 1.29 is 9.59 Å². The van der Waals surface area contributed by atoms with Crippen molar-refractivity contribution in [1.29, 1.82) is 0 Å². The first-order valence-electron chi connectivity index (χ1n) is 10.0. The molecular weight excluding hydrogens is 410 g/mol. The highest BCUT2D eigenvalue weighted by molar-refractivity contribution is 7.98. The second kappa shape index (κ2) is 9.26. The van der Waals surface area contributed by atoms with Crippen LogP contribution in [0.15, 0.2) is 53.9 Å². The van der Waals surface area contributed by atoms with Crippen molar-refractivity contribution in [3.8, 4) is 0 Å². The van der Waals surface area contributed by atoms with Crippen LogP contribution in [0.4, 0.5) is 0 Å². The van der Waals surface area contributed by atoms with Crippen molar-refractivity contribution in [2.24, 2.45) is 0 Å². The number of hydrogen-bond acceptors (Lipinski definition) is 6. The number of amides is 2. The lowest BCUT2D eigenvalue weighted by Crippen LogP contribution is -2.37. The van der Waals surface area contributed by atoms with Crippen molar-refractivity contribution >= 4 is 23.6 Å². The molecule has 0 saturated heterocycles. The van der Waals surface area contributed by atoms with Crippen molar-refractivity contribution in [2.45, 2.75) is 31.3 Å². The second-order valence-electron chi connectivity index (χ2n) is 7.30. The molecular formula is C23H23N5O2S. The fraction of sp³-hybridized carbons (Fsp3) is 0.261. The summed E-state index contributed by atoms with van der Waals surface area (Å²) in [7, 11) is 0. The predicted octanol–water partition coefficient (Wildman–Crippen LogP) is 3.03. The van der Waals surface area contributed by atoms with E-state index in [1.165, 1.54) is 18.6 Å². The molecule has 0 bridgehead atoms. The molecule has 158 valence electrons. The van der Waals surface area contributed by atoms with Crippen LogP contribution in [0.2, 0.25) is 0 Å². The van der Waals surface area contributed by atoms with Gasteiger partial charge in [0.2, 0.25) is 0 Å². The third kappa shape index (κ3) is 4.59. The van der Waals surface area contributed by atoms with E-state index >= 15 is 0 Å². The predicted molar refractivity (Wildman–Crippen MR) is 119 cm³/mol. The minimum atomic E-state index is -0.272. The molecule has 1 aliphatic heterocycles. The van der Waals surface area contributed by atoms with Gasteiger partial charge in [-0.25, -0.2) is 4.98 Å². The molecule has 3 heterocycles. The van der Waals surface area contributed by atoms with E-state index in [0.717, 1.165) is 33.7 Å². The smallest absolute Gasteiger partial charge is 0.271 e. The minimum absolute atomic E-state index is 0.0244. The molecule has 1 N–H and O–H groups in total. The van der Waals surface area contributed by atoms with Gasteiger partial charge in [0.1, 0.15) is 5.69 Å². The van der Waals surface area contributed by atoms with Crippen molar-refractivity contribution in [2.75, 3.05) is 12.8 Å². The molecule has 4 rings (SSSR count). The summed E-state index contributed by atoms with van der Waals surface area (Å²) in [6.07, 6.45) is 9.05. The van der Waals surface area contributed by atoms with E-state index in [1.807, 2.05) is 48.5 Å². The lowest BCUT2D eigenvalue weighted by molar-refractivity contribution is 0.0734. The Morgan fingerprint density at radius 2 is 1.94 bits per heavy atom.